The van der Waals surface area contributed by atoms with Gasteiger partial charge in [-0.2, -0.15) is 0 Å². The molecule has 0 spiro atoms. The number of carbonyl (C=O) groups is 1. The average Bonchev–Trinajstić information content (AvgIpc) is 2.49. The molecule has 0 radical (unpaired) electrons. The van der Waals surface area contributed by atoms with Crippen molar-refractivity contribution < 1.29 is 14.8 Å². The number of nitro groups is 1. The van der Waals surface area contributed by atoms with Crippen molar-refractivity contribution in [3.05, 3.63) is 39.9 Å². The van der Waals surface area contributed by atoms with E-state index in [1.54, 1.807) is 18.2 Å². The number of unbranched alkanes of at least 4 members (excludes halogenated alkanes) is 5. The summed E-state index contributed by atoms with van der Waals surface area (Å²) >= 11 is 0. The lowest BCUT2D eigenvalue weighted by Gasteiger charge is -2.19. The summed E-state index contributed by atoms with van der Waals surface area (Å²) in [7, 11) is 0. The van der Waals surface area contributed by atoms with Gasteiger partial charge >= 0.3 is 6.09 Å². The Kier molecular flexibility index (Phi) is 7.96. The van der Waals surface area contributed by atoms with E-state index in [4.69, 9.17) is 0 Å². The number of hydrogen-bond acceptors (Lipinski definition) is 3. The van der Waals surface area contributed by atoms with E-state index >= 15 is 0 Å². The van der Waals surface area contributed by atoms with Gasteiger partial charge in [0.05, 0.1) is 11.5 Å². The Balaban J connectivity index is 2.54. The van der Waals surface area contributed by atoms with Crippen LogP contribution >= 0.6 is 0 Å². The smallest absolute Gasteiger partial charge is 0.407 e. The average molecular weight is 308 g/mol. The van der Waals surface area contributed by atoms with Gasteiger partial charge in [-0.1, -0.05) is 57.2 Å². The summed E-state index contributed by atoms with van der Waals surface area (Å²) in [6.07, 6.45) is 5.40. The van der Waals surface area contributed by atoms with Gasteiger partial charge in [0.1, 0.15) is 0 Å². The highest BCUT2D eigenvalue weighted by Gasteiger charge is 2.18. The molecule has 0 saturated heterocycles. The lowest BCUT2D eigenvalue weighted by atomic mass is 10.1. The normalized spacial score (nSPS) is 10.4. The molecule has 0 bridgehead atoms. The number of amides is 1. The van der Waals surface area contributed by atoms with Crippen molar-refractivity contribution in [3.63, 3.8) is 0 Å². The summed E-state index contributed by atoms with van der Waals surface area (Å²) in [6.45, 7) is 2.62. The fraction of sp³-hybridized carbons (Fsp3) is 0.562. The highest BCUT2D eigenvalue weighted by molar-refractivity contribution is 5.65. The fourth-order valence-corrected chi connectivity index (χ4v) is 2.35. The number of benzene rings is 1. The van der Waals surface area contributed by atoms with E-state index in [2.05, 4.69) is 6.92 Å². The number of rotatable bonds is 10. The van der Waals surface area contributed by atoms with Gasteiger partial charge in [0, 0.05) is 18.2 Å². The molecule has 1 N–H and O–H groups in total. The van der Waals surface area contributed by atoms with Crippen LogP contribution in [0.3, 0.4) is 0 Å². The molecule has 0 unspecified atom stereocenters. The third kappa shape index (κ3) is 6.11. The molecule has 1 amide bonds. The van der Waals surface area contributed by atoms with Crippen molar-refractivity contribution in [2.24, 2.45) is 0 Å². The van der Waals surface area contributed by atoms with Gasteiger partial charge < -0.3 is 10.0 Å². The number of para-hydroxylation sites is 1. The van der Waals surface area contributed by atoms with E-state index in [1.165, 1.54) is 30.2 Å². The maximum Gasteiger partial charge on any atom is 0.407 e. The first-order valence-corrected chi connectivity index (χ1v) is 7.76. The van der Waals surface area contributed by atoms with Crippen molar-refractivity contribution in [2.75, 3.05) is 6.54 Å². The predicted molar refractivity (Wildman–Crippen MR) is 84.9 cm³/mol. The zero-order chi connectivity index (χ0) is 16.4. The molecule has 1 rings (SSSR count). The minimum absolute atomic E-state index is 0.0308. The molecular formula is C16H24N2O4. The molecule has 0 aliphatic heterocycles. The lowest BCUT2D eigenvalue weighted by molar-refractivity contribution is -0.385. The first kappa shape index (κ1) is 17.9. The van der Waals surface area contributed by atoms with Crippen molar-refractivity contribution >= 4 is 11.8 Å². The van der Waals surface area contributed by atoms with Crippen molar-refractivity contribution in [3.8, 4) is 0 Å². The van der Waals surface area contributed by atoms with E-state index in [0.717, 1.165) is 19.3 Å². The third-order valence-electron chi connectivity index (χ3n) is 3.60. The molecular weight excluding hydrogens is 284 g/mol. The second-order valence-corrected chi connectivity index (χ2v) is 5.36. The van der Waals surface area contributed by atoms with Crippen LogP contribution in [0.15, 0.2) is 24.3 Å². The number of carboxylic acid groups (broad SMARTS) is 1. The Morgan fingerprint density at radius 3 is 2.45 bits per heavy atom. The van der Waals surface area contributed by atoms with Crippen LogP contribution in [-0.4, -0.2) is 27.6 Å². The summed E-state index contributed by atoms with van der Waals surface area (Å²) in [4.78, 5) is 23.1. The van der Waals surface area contributed by atoms with Crippen LogP contribution < -0.4 is 0 Å². The molecule has 6 nitrogen and oxygen atoms in total. The Labute approximate surface area is 130 Å². The quantitative estimate of drug-likeness (QED) is 0.393. The van der Waals surface area contributed by atoms with E-state index in [9.17, 15) is 20.0 Å². The van der Waals surface area contributed by atoms with Crippen molar-refractivity contribution in [1.82, 2.24) is 4.90 Å². The molecule has 0 saturated carbocycles. The number of nitrogens with zero attached hydrogens (tertiary/aromatic N) is 2. The highest BCUT2D eigenvalue weighted by atomic mass is 16.6. The molecule has 1 aromatic rings. The van der Waals surface area contributed by atoms with Gasteiger partial charge in [-0.25, -0.2) is 4.79 Å². The SMILES string of the molecule is CCCCCCCCN(Cc1ccccc1[N+](=O)[O-])C(=O)O. The van der Waals surface area contributed by atoms with Gasteiger partial charge in [0.2, 0.25) is 0 Å². The van der Waals surface area contributed by atoms with Gasteiger partial charge in [-0.3, -0.25) is 10.1 Å². The molecule has 0 atom stereocenters. The van der Waals surface area contributed by atoms with Crippen LogP contribution in [-0.2, 0) is 6.54 Å². The van der Waals surface area contributed by atoms with Gasteiger partial charge in [-0.05, 0) is 6.42 Å². The van der Waals surface area contributed by atoms with Crippen molar-refractivity contribution in [2.45, 2.75) is 52.0 Å². The largest absolute Gasteiger partial charge is 0.465 e. The molecule has 1 aromatic carbocycles. The summed E-state index contributed by atoms with van der Waals surface area (Å²) in [5.74, 6) is 0. The van der Waals surface area contributed by atoms with Crippen LogP contribution in [0, 0.1) is 10.1 Å². The standard InChI is InChI=1S/C16H24N2O4/c1-2-3-4-5-6-9-12-17(16(19)20)13-14-10-7-8-11-15(14)18(21)22/h7-8,10-11H,2-6,9,12-13H2,1H3,(H,19,20). The first-order chi connectivity index (χ1) is 10.6. The molecule has 122 valence electrons. The van der Waals surface area contributed by atoms with Crippen LogP contribution in [0.25, 0.3) is 0 Å². The molecule has 0 aromatic heterocycles. The summed E-state index contributed by atoms with van der Waals surface area (Å²) in [5.41, 5.74) is 0.401. The molecule has 22 heavy (non-hydrogen) atoms. The van der Waals surface area contributed by atoms with Gasteiger partial charge in [0.25, 0.3) is 5.69 Å². The highest BCUT2D eigenvalue weighted by Crippen LogP contribution is 2.20. The predicted octanol–water partition coefficient (Wildman–Crippen LogP) is 4.44. The molecule has 6 heteroatoms. The molecule has 0 heterocycles. The summed E-state index contributed by atoms with van der Waals surface area (Å²) in [6, 6.07) is 6.28. The topological polar surface area (TPSA) is 83.7 Å². The van der Waals surface area contributed by atoms with Gasteiger partial charge in [-0.15, -0.1) is 0 Å². The zero-order valence-electron chi connectivity index (χ0n) is 13.0. The molecule has 0 aliphatic rings. The Bertz CT molecular complexity index is 491. The minimum Gasteiger partial charge on any atom is -0.465 e. The maximum atomic E-state index is 11.3. The second-order valence-electron chi connectivity index (χ2n) is 5.36. The second kappa shape index (κ2) is 9.76. The zero-order valence-corrected chi connectivity index (χ0v) is 13.0. The molecule has 0 fully saturated rings. The number of nitro benzene ring substituents is 1. The van der Waals surface area contributed by atoms with Crippen LogP contribution in [0.5, 0.6) is 0 Å². The van der Waals surface area contributed by atoms with E-state index < -0.39 is 11.0 Å². The van der Waals surface area contributed by atoms with E-state index in [1.807, 2.05) is 0 Å². The lowest BCUT2D eigenvalue weighted by Crippen LogP contribution is -2.30. The number of hydrogen-bond donors (Lipinski definition) is 1. The van der Waals surface area contributed by atoms with Gasteiger partial charge in [0.15, 0.2) is 0 Å². The van der Waals surface area contributed by atoms with Crippen LogP contribution in [0.4, 0.5) is 10.5 Å². The monoisotopic (exact) mass is 308 g/mol. The Hall–Kier alpha value is -2.11. The summed E-state index contributed by atoms with van der Waals surface area (Å²) < 4.78 is 0. The Morgan fingerprint density at radius 1 is 1.18 bits per heavy atom. The first-order valence-electron chi connectivity index (χ1n) is 7.76. The van der Waals surface area contributed by atoms with E-state index in [-0.39, 0.29) is 12.2 Å². The fourth-order valence-electron chi connectivity index (χ4n) is 2.35. The molecule has 0 aliphatic carbocycles. The van der Waals surface area contributed by atoms with Crippen LogP contribution in [0.1, 0.15) is 51.0 Å². The maximum absolute atomic E-state index is 11.3. The van der Waals surface area contributed by atoms with Crippen molar-refractivity contribution in [1.29, 1.82) is 0 Å². The summed E-state index contributed by atoms with van der Waals surface area (Å²) in [5, 5.41) is 20.2. The Morgan fingerprint density at radius 2 is 1.82 bits per heavy atom. The van der Waals surface area contributed by atoms with E-state index in [0.29, 0.717) is 12.1 Å². The minimum atomic E-state index is -1.04. The van der Waals surface area contributed by atoms with Crippen LogP contribution in [0.2, 0.25) is 0 Å². The third-order valence-corrected chi connectivity index (χ3v) is 3.60.